The summed E-state index contributed by atoms with van der Waals surface area (Å²) in [5.41, 5.74) is 2.60. The van der Waals surface area contributed by atoms with E-state index in [-0.39, 0.29) is 23.5 Å². The third kappa shape index (κ3) is 2.59. The van der Waals surface area contributed by atoms with Crippen LogP contribution in [0.15, 0.2) is 10.9 Å². The summed E-state index contributed by atoms with van der Waals surface area (Å²) in [4.78, 5) is 0. The summed E-state index contributed by atoms with van der Waals surface area (Å²) in [5, 5.41) is 0.0903. The van der Waals surface area contributed by atoms with Gasteiger partial charge in [-0.05, 0) is 39.5 Å². The minimum absolute atomic E-state index is 0.0903. The molecule has 2 aliphatic rings. The minimum atomic E-state index is -0.267. The van der Waals surface area contributed by atoms with Crippen LogP contribution >= 0.6 is 0 Å². The van der Waals surface area contributed by atoms with Crippen molar-refractivity contribution in [2.75, 3.05) is 0 Å². The highest BCUT2D eigenvalue weighted by Crippen LogP contribution is 2.58. The average Bonchev–Trinajstić information content (AvgIpc) is 2.43. The van der Waals surface area contributed by atoms with Crippen LogP contribution in [0.25, 0.3) is 0 Å². The lowest BCUT2D eigenvalue weighted by Gasteiger charge is -2.51. The first-order chi connectivity index (χ1) is 9.22. The van der Waals surface area contributed by atoms with E-state index in [1.165, 1.54) is 10.9 Å². The second-order valence-electron chi connectivity index (χ2n) is 9.39. The van der Waals surface area contributed by atoms with Gasteiger partial charge >= 0.3 is 7.12 Å². The molecule has 1 heterocycles. The van der Waals surface area contributed by atoms with Gasteiger partial charge < -0.3 is 9.31 Å². The van der Waals surface area contributed by atoms with Crippen molar-refractivity contribution in [3.05, 3.63) is 10.9 Å². The first-order valence-electron chi connectivity index (χ1n) is 8.28. The zero-order valence-corrected chi connectivity index (χ0v) is 15.7. The van der Waals surface area contributed by atoms with E-state index in [0.717, 1.165) is 6.42 Å². The van der Waals surface area contributed by atoms with Crippen LogP contribution in [-0.4, -0.2) is 49.7 Å². The van der Waals surface area contributed by atoms with Crippen LogP contribution in [0.4, 0.5) is 0 Å². The molecule has 0 aromatic carbocycles. The van der Waals surface area contributed by atoms with Gasteiger partial charge in [0.1, 0.15) is 31.4 Å². The largest absolute Gasteiger partial charge is 0.488 e. The van der Waals surface area contributed by atoms with E-state index < -0.39 is 0 Å². The van der Waals surface area contributed by atoms with E-state index >= 15 is 0 Å². The molecule has 1 aliphatic carbocycles. The van der Waals surface area contributed by atoms with Crippen molar-refractivity contribution >= 4 is 38.5 Å². The average molecular weight is 283 g/mol. The fraction of sp³-hybridized carbons (Fsp3) is 0.857. The molecule has 0 spiro atoms. The van der Waals surface area contributed by atoms with Crippen molar-refractivity contribution < 1.29 is 9.31 Å². The molecule has 2 nitrogen and oxygen atoms in total. The van der Waals surface area contributed by atoms with E-state index in [4.69, 9.17) is 9.31 Å². The van der Waals surface area contributed by atoms with Crippen LogP contribution in [0.2, 0.25) is 11.0 Å². The highest BCUT2D eigenvalue weighted by Gasteiger charge is 2.57. The maximum absolute atomic E-state index is 6.35. The fourth-order valence-corrected chi connectivity index (χ4v) is 4.16. The number of hydrogen-bond acceptors (Lipinski definition) is 2. The topological polar surface area (TPSA) is 18.5 Å². The van der Waals surface area contributed by atoms with Gasteiger partial charge in [0.15, 0.2) is 0 Å². The first kappa shape index (κ1) is 17.3. The third-order valence-electron chi connectivity index (χ3n) is 6.62. The van der Waals surface area contributed by atoms with Gasteiger partial charge in [0.2, 0.25) is 0 Å². The Morgan fingerprint density at radius 2 is 1.43 bits per heavy atom. The first-order valence-corrected chi connectivity index (χ1v) is 8.28. The molecule has 0 aromatic heterocycles. The van der Waals surface area contributed by atoms with Gasteiger partial charge in [-0.2, -0.15) is 0 Å². The van der Waals surface area contributed by atoms with E-state index in [1.807, 2.05) is 0 Å². The van der Waals surface area contributed by atoms with Crippen LogP contribution < -0.4 is 0 Å². The summed E-state index contributed by atoms with van der Waals surface area (Å²) in [7, 11) is 9.13. The highest BCUT2D eigenvalue weighted by molar-refractivity contribution is 6.64. The highest BCUT2D eigenvalue weighted by atomic mass is 16.7. The molecule has 1 atom stereocenters. The van der Waals surface area contributed by atoms with E-state index in [1.54, 1.807) is 0 Å². The summed E-state index contributed by atoms with van der Waals surface area (Å²) >= 11 is 0. The Hall–Kier alpha value is -0.0153. The summed E-state index contributed by atoms with van der Waals surface area (Å²) < 4.78 is 12.7. The van der Waals surface area contributed by atoms with Crippen molar-refractivity contribution in [3.8, 4) is 0 Å². The molecule has 2 rings (SSSR count). The van der Waals surface area contributed by atoms with E-state index in [9.17, 15) is 0 Å². The standard InChI is InChI=1S/C14H29B5O2/c1-11(2)7-8(15)9(14(17,18)10(11)16)19-20-12(3,4)13(5,6)21-19/h10H,7,15-18H2,1-6H3. The molecule has 0 bridgehead atoms. The van der Waals surface area contributed by atoms with E-state index in [2.05, 4.69) is 72.9 Å². The summed E-state index contributed by atoms with van der Waals surface area (Å²) in [6, 6.07) is 0. The van der Waals surface area contributed by atoms with Crippen molar-refractivity contribution in [2.24, 2.45) is 5.41 Å². The number of hydrogen-bond donors (Lipinski definition) is 0. The second kappa shape index (κ2) is 4.74. The third-order valence-corrected chi connectivity index (χ3v) is 6.62. The van der Waals surface area contributed by atoms with Crippen molar-refractivity contribution in [3.63, 3.8) is 0 Å². The van der Waals surface area contributed by atoms with Gasteiger partial charge in [-0.15, -0.1) is 5.47 Å². The molecular formula is C14H29B5O2. The Labute approximate surface area is 135 Å². The van der Waals surface area contributed by atoms with Crippen LogP contribution in [0.1, 0.15) is 48.0 Å². The van der Waals surface area contributed by atoms with Crippen LogP contribution in [0.3, 0.4) is 0 Å². The van der Waals surface area contributed by atoms with Gasteiger partial charge in [-0.1, -0.05) is 30.4 Å². The van der Waals surface area contributed by atoms with Gasteiger partial charge in [0.25, 0.3) is 0 Å². The quantitative estimate of drug-likeness (QED) is 0.617. The summed E-state index contributed by atoms with van der Waals surface area (Å²) in [5.74, 6) is 0.586. The van der Waals surface area contributed by atoms with Gasteiger partial charge in [0.05, 0.1) is 11.2 Å². The Morgan fingerprint density at radius 1 is 1.00 bits per heavy atom. The predicted molar refractivity (Wildman–Crippen MR) is 102 cm³/mol. The second-order valence-corrected chi connectivity index (χ2v) is 9.39. The molecular weight excluding hydrogens is 254 g/mol. The lowest BCUT2D eigenvalue weighted by Crippen LogP contribution is -2.44. The molecule has 7 heteroatoms. The Morgan fingerprint density at radius 3 is 1.86 bits per heavy atom. The fourth-order valence-electron chi connectivity index (χ4n) is 4.16. The van der Waals surface area contributed by atoms with Crippen molar-refractivity contribution in [1.29, 1.82) is 0 Å². The molecule has 21 heavy (non-hydrogen) atoms. The minimum Gasteiger partial charge on any atom is -0.400 e. The Kier molecular flexibility index (Phi) is 3.91. The SMILES string of the molecule is BC1=C(B2OC(C)(C)C(C)(C)O2)C(B)(B)C(B)C(C)(C)C1. The smallest absolute Gasteiger partial charge is 0.400 e. The lowest BCUT2D eigenvalue weighted by atomic mass is 9.29. The van der Waals surface area contributed by atoms with Crippen LogP contribution in [-0.2, 0) is 9.31 Å². The molecule has 0 radical (unpaired) electrons. The van der Waals surface area contributed by atoms with Crippen molar-refractivity contribution in [1.82, 2.24) is 0 Å². The zero-order chi connectivity index (χ0) is 16.4. The molecule has 0 aromatic rings. The molecule has 1 aliphatic heterocycles. The summed E-state index contributed by atoms with van der Waals surface area (Å²) in [6.45, 7) is 13.3. The number of rotatable bonds is 1. The Balaban J connectivity index is 2.45. The molecule has 1 fully saturated rings. The van der Waals surface area contributed by atoms with Gasteiger partial charge in [0, 0.05) is 0 Å². The van der Waals surface area contributed by atoms with Crippen LogP contribution in [0.5, 0.6) is 0 Å². The monoisotopic (exact) mass is 284 g/mol. The lowest BCUT2D eigenvalue weighted by molar-refractivity contribution is 0.00578. The van der Waals surface area contributed by atoms with Crippen molar-refractivity contribution in [2.45, 2.75) is 70.2 Å². The maximum atomic E-state index is 6.35. The molecule has 1 saturated heterocycles. The molecule has 0 N–H and O–H groups in total. The Bertz CT molecular complexity index is 466. The maximum Gasteiger partial charge on any atom is 0.488 e. The van der Waals surface area contributed by atoms with Gasteiger partial charge in [-0.3, -0.25) is 0 Å². The number of allylic oxidation sites excluding steroid dienone is 2. The predicted octanol–water partition coefficient (Wildman–Crippen LogP) is -0.261. The van der Waals surface area contributed by atoms with Gasteiger partial charge in [-0.25, -0.2) is 0 Å². The summed E-state index contributed by atoms with van der Waals surface area (Å²) in [6.07, 6.45) is 1.12. The molecule has 0 saturated carbocycles. The molecule has 112 valence electrons. The van der Waals surface area contributed by atoms with E-state index in [0.29, 0.717) is 11.2 Å². The van der Waals surface area contributed by atoms with Crippen LogP contribution in [0, 0.1) is 5.41 Å². The normalized spacial score (nSPS) is 33.2. The zero-order valence-electron chi connectivity index (χ0n) is 15.7. The molecule has 0 amide bonds. The molecule has 1 unspecified atom stereocenters.